The minimum Gasteiger partial charge on any atom is -0.233 e. The highest BCUT2D eigenvalue weighted by Crippen LogP contribution is 2.27. The molecule has 1 aromatic heterocycles. The van der Waals surface area contributed by atoms with E-state index in [1.807, 2.05) is 6.92 Å². The zero-order chi connectivity index (χ0) is 12.4. The molecule has 0 atom stereocenters. The zero-order valence-electron chi connectivity index (χ0n) is 9.04. The highest BCUT2D eigenvalue weighted by molar-refractivity contribution is 6.35. The Hall–Kier alpha value is -0.830. The Balaban J connectivity index is 2.55. The second kappa shape index (κ2) is 5.21. The van der Waals surface area contributed by atoms with Crippen molar-refractivity contribution >= 4 is 34.8 Å². The Morgan fingerprint density at radius 2 is 1.59 bits per heavy atom. The number of hydrogen-bond acceptors (Lipinski definition) is 2. The van der Waals surface area contributed by atoms with E-state index in [9.17, 15) is 0 Å². The van der Waals surface area contributed by atoms with E-state index in [1.165, 1.54) is 0 Å². The molecule has 0 fully saturated rings. The van der Waals surface area contributed by atoms with Crippen molar-refractivity contribution in [1.82, 2.24) is 9.97 Å². The molecule has 0 spiro atoms. The SMILES string of the molecule is CCc1nc(Cl)cc(-c2cc(Cl)cc(Cl)c2)n1. The normalized spacial score (nSPS) is 10.6. The molecule has 0 amide bonds. The standard InChI is InChI=1S/C12H9Cl3N2/c1-2-12-16-10(6-11(15)17-12)7-3-8(13)5-9(14)4-7/h3-6H,2H2,1H3. The van der Waals surface area contributed by atoms with E-state index in [1.54, 1.807) is 24.3 Å². The van der Waals surface area contributed by atoms with Crippen LogP contribution in [0.15, 0.2) is 24.3 Å². The number of halogens is 3. The summed E-state index contributed by atoms with van der Waals surface area (Å²) >= 11 is 17.8. The molecule has 0 unspecified atom stereocenters. The molecule has 1 aromatic carbocycles. The van der Waals surface area contributed by atoms with Crippen LogP contribution in [0.25, 0.3) is 11.3 Å². The lowest BCUT2D eigenvalue weighted by atomic mass is 10.1. The quantitative estimate of drug-likeness (QED) is 0.750. The fourth-order valence-electron chi connectivity index (χ4n) is 1.47. The van der Waals surface area contributed by atoms with Crippen LogP contribution in [0, 0.1) is 0 Å². The van der Waals surface area contributed by atoms with Crippen molar-refractivity contribution in [2.45, 2.75) is 13.3 Å². The molecule has 0 aliphatic rings. The van der Waals surface area contributed by atoms with Crippen molar-refractivity contribution in [3.63, 3.8) is 0 Å². The van der Waals surface area contributed by atoms with Crippen molar-refractivity contribution < 1.29 is 0 Å². The van der Waals surface area contributed by atoms with Crippen LogP contribution in [0.5, 0.6) is 0 Å². The van der Waals surface area contributed by atoms with Gasteiger partial charge >= 0.3 is 0 Å². The lowest BCUT2D eigenvalue weighted by Gasteiger charge is -2.05. The number of nitrogens with zero attached hydrogens (tertiary/aromatic N) is 2. The summed E-state index contributed by atoms with van der Waals surface area (Å²) in [4.78, 5) is 8.50. The monoisotopic (exact) mass is 286 g/mol. The van der Waals surface area contributed by atoms with E-state index >= 15 is 0 Å². The van der Waals surface area contributed by atoms with Crippen molar-refractivity contribution in [2.24, 2.45) is 0 Å². The summed E-state index contributed by atoms with van der Waals surface area (Å²) in [7, 11) is 0. The number of aromatic nitrogens is 2. The minimum absolute atomic E-state index is 0.419. The van der Waals surface area contributed by atoms with Gasteiger partial charge < -0.3 is 0 Å². The molecule has 17 heavy (non-hydrogen) atoms. The average Bonchev–Trinajstić information content (AvgIpc) is 2.26. The Kier molecular flexibility index (Phi) is 3.87. The van der Waals surface area contributed by atoms with Crippen LogP contribution in [0.2, 0.25) is 15.2 Å². The van der Waals surface area contributed by atoms with Crippen LogP contribution < -0.4 is 0 Å². The summed E-state index contributed by atoms with van der Waals surface area (Å²) in [5.74, 6) is 0.698. The summed E-state index contributed by atoms with van der Waals surface area (Å²) < 4.78 is 0. The molecule has 0 saturated heterocycles. The Labute approximate surface area is 115 Å². The van der Waals surface area contributed by atoms with E-state index in [0.29, 0.717) is 21.0 Å². The van der Waals surface area contributed by atoms with E-state index in [0.717, 1.165) is 17.7 Å². The molecular weight excluding hydrogens is 279 g/mol. The van der Waals surface area contributed by atoms with Gasteiger partial charge in [0.05, 0.1) is 5.69 Å². The summed E-state index contributed by atoms with van der Waals surface area (Å²) in [6.45, 7) is 1.97. The predicted molar refractivity (Wildman–Crippen MR) is 71.9 cm³/mol. The highest BCUT2D eigenvalue weighted by Gasteiger charge is 2.06. The molecule has 0 saturated carbocycles. The van der Waals surface area contributed by atoms with Crippen molar-refractivity contribution in [2.75, 3.05) is 0 Å². The van der Waals surface area contributed by atoms with Gasteiger partial charge in [-0.25, -0.2) is 9.97 Å². The van der Waals surface area contributed by atoms with Gasteiger partial charge in [-0.05, 0) is 18.2 Å². The number of benzene rings is 1. The maximum atomic E-state index is 5.95. The Morgan fingerprint density at radius 3 is 2.18 bits per heavy atom. The molecule has 88 valence electrons. The maximum absolute atomic E-state index is 5.95. The van der Waals surface area contributed by atoms with Gasteiger partial charge in [-0.3, -0.25) is 0 Å². The number of hydrogen-bond donors (Lipinski definition) is 0. The topological polar surface area (TPSA) is 25.8 Å². The first-order valence-corrected chi connectivity index (χ1v) is 6.22. The van der Waals surface area contributed by atoms with Crippen molar-refractivity contribution in [3.8, 4) is 11.3 Å². The third-order valence-corrected chi connectivity index (χ3v) is 2.85. The first-order valence-electron chi connectivity index (χ1n) is 5.08. The largest absolute Gasteiger partial charge is 0.233 e. The summed E-state index contributed by atoms with van der Waals surface area (Å²) in [6, 6.07) is 6.97. The first kappa shape index (κ1) is 12.6. The van der Waals surface area contributed by atoms with Crippen LogP contribution in [-0.2, 0) is 6.42 Å². The molecule has 0 radical (unpaired) electrons. The van der Waals surface area contributed by atoms with Gasteiger partial charge in [-0.15, -0.1) is 0 Å². The molecule has 0 aliphatic heterocycles. The van der Waals surface area contributed by atoms with Crippen molar-refractivity contribution in [3.05, 3.63) is 45.3 Å². The number of aryl methyl sites for hydroxylation is 1. The van der Waals surface area contributed by atoms with Gasteiger partial charge in [0.25, 0.3) is 0 Å². The summed E-state index contributed by atoms with van der Waals surface area (Å²) in [6.07, 6.45) is 0.724. The van der Waals surface area contributed by atoms with Gasteiger partial charge in [0.2, 0.25) is 0 Å². The van der Waals surface area contributed by atoms with Crippen molar-refractivity contribution in [1.29, 1.82) is 0 Å². The van der Waals surface area contributed by atoms with Gasteiger partial charge in [0.15, 0.2) is 0 Å². The Morgan fingerprint density at radius 1 is 0.941 bits per heavy atom. The van der Waals surface area contributed by atoms with E-state index in [4.69, 9.17) is 34.8 Å². The smallest absolute Gasteiger partial charge is 0.133 e. The van der Waals surface area contributed by atoms with E-state index < -0.39 is 0 Å². The summed E-state index contributed by atoms with van der Waals surface area (Å²) in [5, 5.41) is 1.56. The molecule has 0 N–H and O–H groups in total. The molecule has 2 nitrogen and oxygen atoms in total. The maximum Gasteiger partial charge on any atom is 0.133 e. The van der Waals surface area contributed by atoms with Crippen LogP contribution in [0.4, 0.5) is 0 Å². The van der Waals surface area contributed by atoms with E-state index in [-0.39, 0.29) is 0 Å². The highest BCUT2D eigenvalue weighted by atomic mass is 35.5. The van der Waals surface area contributed by atoms with Gasteiger partial charge in [-0.1, -0.05) is 41.7 Å². The lowest BCUT2D eigenvalue weighted by molar-refractivity contribution is 0.943. The molecule has 2 aromatic rings. The van der Waals surface area contributed by atoms with Gasteiger partial charge in [0.1, 0.15) is 11.0 Å². The average molecular weight is 288 g/mol. The molecule has 0 aliphatic carbocycles. The Bertz CT molecular complexity index is 535. The van der Waals surface area contributed by atoms with Gasteiger partial charge in [-0.2, -0.15) is 0 Å². The zero-order valence-corrected chi connectivity index (χ0v) is 11.3. The predicted octanol–water partition coefficient (Wildman–Crippen LogP) is 4.67. The van der Waals surface area contributed by atoms with Gasteiger partial charge in [0, 0.05) is 28.1 Å². The molecular formula is C12H9Cl3N2. The molecule has 0 bridgehead atoms. The minimum atomic E-state index is 0.419. The third kappa shape index (κ3) is 3.09. The van der Waals surface area contributed by atoms with Crippen LogP contribution in [0.3, 0.4) is 0 Å². The second-order valence-corrected chi connectivity index (χ2v) is 4.76. The lowest BCUT2D eigenvalue weighted by Crippen LogP contribution is -1.95. The fraction of sp³-hybridized carbons (Fsp3) is 0.167. The van der Waals surface area contributed by atoms with Crippen LogP contribution >= 0.6 is 34.8 Å². The van der Waals surface area contributed by atoms with Crippen LogP contribution in [0.1, 0.15) is 12.7 Å². The summed E-state index contributed by atoms with van der Waals surface area (Å²) in [5.41, 5.74) is 1.56. The molecule has 5 heteroatoms. The second-order valence-electron chi connectivity index (χ2n) is 3.50. The van der Waals surface area contributed by atoms with Crippen LogP contribution in [-0.4, -0.2) is 9.97 Å². The fourth-order valence-corrected chi connectivity index (χ4v) is 2.20. The first-order chi connectivity index (χ1) is 8.08. The number of rotatable bonds is 2. The van der Waals surface area contributed by atoms with E-state index in [2.05, 4.69) is 9.97 Å². The third-order valence-electron chi connectivity index (χ3n) is 2.22. The molecule has 1 heterocycles. The molecule has 2 rings (SSSR count).